The Balaban J connectivity index is 2.42. The van der Waals surface area contributed by atoms with E-state index in [1.54, 1.807) is 0 Å². The number of hydrogen-bond acceptors (Lipinski definition) is 2. The Morgan fingerprint density at radius 3 is 2.27 bits per heavy atom. The molecule has 0 bridgehead atoms. The third-order valence-corrected chi connectivity index (χ3v) is 1.92. The Kier molecular flexibility index (Phi) is 2.39. The van der Waals surface area contributed by atoms with Gasteiger partial charge in [-0.1, -0.05) is 0 Å². The fourth-order valence-electron chi connectivity index (χ4n) is 1.26. The molecule has 1 fully saturated rings. The second-order valence-electron chi connectivity index (χ2n) is 2.77. The fraction of sp³-hybridized carbons (Fsp3) is 1.00. The summed E-state index contributed by atoms with van der Waals surface area (Å²) in [4.78, 5) is 0. The van der Waals surface area contributed by atoms with Crippen molar-refractivity contribution in [3.63, 3.8) is 0 Å². The monoisotopic (exact) mass is 168 g/mol. The third kappa shape index (κ3) is 2.07. The van der Waals surface area contributed by atoms with Gasteiger partial charge in [-0.25, -0.2) is 0 Å². The van der Waals surface area contributed by atoms with E-state index >= 15 is 0 Å². The Hall–Kier alpha value is -0.290. The summed E-state index contributed by atoms with van der Waals surface area (Å²) in [5.41, 5.74) is 5.21. The van der Waals surface area contributed by atoms with Crippen molar-refractivity contribution in [3.8, 4) is 0 Å². The van der Waals surface area contributed by atoms with Crippen molar-refractivity contribution < 1.29 is 13.2 Å². The molecule has 0 aromatic rings. The van der Waals surface area contributed by atoms with E-state index in [9.17, 15) is 13.2 Å². The normalized spacial score (nSPS) is 32.7. The maximum absolute atomic E-state index is 12.0. The van der Waals surface area contributed by atoms with Crippen molar-refractivity contribution in [3.05, 3.63) is 0 Å². The van der Waals surface area contributed by atoms with Gasteiger partial charge >= 0.3 is 6.18 Å². The van der Waals surface area contributed by atoms with Crippen molar-refractivity contribution in [2.45, 2.75) is 31.1 Å². The van der Waals surface area contributed by atoms with Gasteiger partial charge in [0.2, 0.25) is 0 Å². The molecule has 0 aliphatic carbocycles. The highest BCUT2D eigenvalue weighted by Crippen LogP contribution is 2.27. The predicted octanol–water partition coefficient (Wildman–Crippen LogP) is 0.628. The van der Waals surface area contributed by atoms with Crippen LogP contribution in [-0.2, 0) is 0 Å². The Morgan fingerprint density at radius 1 is 1.36 bits per heavy atom. The molecule has 0 radical (unpaired) electrons. The SMILES string of the molecule is NC[C@@H]1CC[C@@H](C(F)(F)F)N1. The lowest BCUT2D eigenvalue weighted by Gasteiger charge is -2.15. The van der Waals surface area contributed by atoms with Gasteiger partial charge in [0.15, 0.2) is 0 Å². The van der Waals surface area contributed by atoms with E-state index in [2.05, 4.69) is 5.32 Å². The zero-order valence-corrected chi connectivity index (χ0v) is 5.99. The molecule has 1 aliphatic heterocycles. The van der Waals surface area contributed by atoms with Crippen LogP contribution in [0.15, 0.2) is 0 Å². The van der Waals surface area contributed by atoms with Gasteiger partial charge in [-0.05, 0) is 12.8 Å². The summed E-state index contributed by atoms with van der Waals surface area (Å²) in [6.07, 6.45) is -3.42. The van der Waals surface area contributed by atoms with E-state index < -0.39 is 12.2 Å². The topological polar surface area (TPSA) is 38.0 Å². The van der Waals surface area contributed by atoms with Crippen LogP contribution in [0.4, 0.5) is 13.2 Å². The van der Waals surface area contributed by atoms with Crippen LogP contribution < -0.4 is 11.1 Å². The van der Waals surface area contributed by atoms with Crippen LogP contribution in [0.3, 0.4) is 0 Å². The van der Waals surface area contributed by atoms with E-state index in [1.165, 1.54) is 0 Å². The lowest BCUT2D eigenvalue weighted by atomic mass is 10.2. The summed E-state index contributed by atoms with van der Waals surface area (Å²) in [6.45, 7) is 0.284. The lowest BCUT2D eigenvalue weighted by molar-refractivity contribution is -0.152. The molecular formula is C6H11F3N2. The van der Waals surface area contributed by atoms with E-state index in [-0.39, 0.29) is 19.0 Å². The maximum Gasteiger partial charge on any atom is 0.403 e. The number of nitrogens with two attached hydrogens (primary N) is 1. The molecule has 0 spiro atoms. The van der Waals surface area contributed by atoms with Crippen molar-refractivity contribution in [2.24, 2.45) is 5.73 Å². The molecule has 1 rings (SSSR count). The van der Waals surface area contributed by atoms with E-state index in [0.717, 1.165) is 0 Å². The quantitative estimate of drug-likeness (QED) is 0.602. The number of nitrogens with one attached hydrogen (secondary N) is 1. The molecule has 1 aliphatic rings. The molecule has 1 saturated heterocycles. The molecule has 11 heavy (non-hydrogen) atoms. The minimum Gasteiger partial charge on any atom is -0.329 e. The highest BCUT2D eigenvalue weighted by molar-refractivity contribution is 4.88. The Bertz CT molecular complexity index is 134. The van der Waals surface area contributed by atoms with E-state index in [1.807, 2.05) is 0 Å². The molecule has 0 aromatic heterocycles. The van der Waals surface area contributed by atoms with Gasteiger partial charge in [-0.15, -0.1) is 0 Å². The molecule has 66 valence electrons. The summed E-state index contributed by atoms with van der Waals surface area (Å²) in [5.74, 6) is 0. The van der Waals surface area contributed by atoms with Crippen LogP contribution in [-0.4, -0.2) is 24.8 Å². The van der Waals surface area contributed by atoms with Crippen LogP contribution in [0.2, 0.25) is 0 Å². The van der Waals surface area contributed by atoms with Crippen LogP contribution in [0.25, 0.3) is 0 Å². The number of hydrogen-bond donors (Lipinski definition) is 2. The first-order chi connectivity index (χ1) is 5.04. The average molecular weight is 168 g/mol. The van der Waals surface area contributed by atoms with Crippen molar-refractivity contribution in [1.82, 2.24) is 5.32 Å². The first-order valence-corrected chi connectivity index (χ1v) is 3.57. The molecule has 1 heterocycles. The smallest absolute Gasteiger partial charge is 0.329 e. The molecule has 0 saturated carbocycles. The second-order valence-corrected chi connectivity index (χ2v) is 2.77. The number of halogens is 3. The van der Waals surface area contributed by atoms with Gasteiger partial charge in [0.25, 0.3) is 0 Å². The fourth-order valence-corrected chi connectivity index (χ4v) is 1.26. The van der Waals surface area contributed by atoms with Gasteiger partial charge in [0.1, 0.15) is 6.04 Å². The first kappa shape index (κ1) is 8.80. The number of alkyl halides is 3. The highest BCUT2D eigenvalue weighted by atomic mass is 19.4. The summed E-state index contributed by atoms with van der Waals surface area (Å²) >= 11 is 0. The van der Waals surface area contributed by atoms with E-state index in [0.29, 0.717) is 6.42 Å². The molecule has 2 nitrogen and oxygen atoms in total. The molecular weight excluding hydrogens is 157 g/mol. The Labute approximate surface area is 62.9 Å². The summed E-state index contributed by atoms with van der Waals surface area (Å²) < 4.78 is 35.9. The van der Waals surface area contributed by atoms with Crippen LogP contribution in [0, 0.1) is 0 Å². The molecule has 0 aromatic carbocycles. The third-order valence-electron chi connectivity index (χ3n) is 1.92. The minimum absolute atomic E-state index is 0.151. The largest absolute Gasteiger partial charge is 0.403 e. The van der Waals surface area contributed by atoms with E-state index in [4.69, 9.17) is 5.73 Å². The van der Waals surface area contributed by atoms with Crippen LogP contribution in [0.5, 0.6) is 0 Å². The summed E-state index contributed by atoms with van der Waals surface area (Å²) in [5, 5.41) is 2.43. The number of rotatable bonds is 1. The second kappa shape index (κ2) is 2.98. The first-order valence-electron chi connectivity index (χ1n) is 3.57. The predicted molar refractivity (Wildman–Crippen MR) is 35.1 cm³/mol. The van der Waals surface area contributed by atoms with Crippen molar-refractivity contribution in [2.75, 3.05) is 6.54 Å². The highest BCUT2D eigenvalue weighted by Gasteiger charge is 2.43. The zero-order chi connectivity index (χ0) is 8.48. The van der Waals surface area contributed by atoms with Gasteiger partial charge in [0, 0.05) is 12.6 Å². The zero-order valence-electron chi connectivity index (χ0n) is 5.99. The maximum atomic E-state index is 12.0. The molecule has 3 N–H and O–H groups in total. The molecule has 0 unspecified atom stereocenters. The van der Waals surface area contributed by atoms with Crippen LogP contribution >= 0.6 is 0 Å². The molecule has 0 amide bonds. The molecule has 5 heteroatoms. The minimum atomic E-state index is -4.11. The average Bonchev–Trinajstić information content (AvgIpc) is 2.32. The van der Waals surface area contributed by atoms with Gasteiger partial charge in [0.05, 0.1) is 0 Å². The van der Waals surface area contributed by atoms with Gasteiger partial charge in [-0.2, -0.15) is 13.2 Å². The van der Waals surface area contributed by atoms with Crippen molar-refractivity contribution >= 4 is 0 Å². The van der Waals surface area contributed by atoms with Gasteiger partial charge in [-0.3, -0.25) is 0 Å². The molecule has 2 atom stereocenters. The van der Waals surface area contributed by atoms with Gasteiger partial charge < -0.3 is 11.1 Å². The summed E-state index contributed by atoms with van der Waals surface area (Å²) in [6, 6.07) is -1.49. The van der Waals surface area contributed by atoms with Crippen LogP contribution in [0.1, 0.15) is 12.8 Å². The lowest BCUT2D eigenvalue weighted by Crippen LogP contribution is -2.42. The standard InChI is InChI=1S/C6H11F3N2/c7-6(8,9)5-2-1-4(3-10)11-5/h4-5,11H,1-3,10H2/t4-,5-/m0/s1. The summed E-state index contributed by atoms with van der Waals surface area (Å²) in [7, 11) is 0. The Morgan fingerprint density at radius 2 is 2.00 bits per heavy atom. The van der Waals surface area contributed by atoms with Crippen molar-refractivity contribution in [1.29, 1.82) is 0 Å².